The smallest absolute Gasteiger partial charge is 0.197 e. The summed E-state index contributed by atoms with van der Waals surface area (Å²) in [7, 11) is 3.51. The van der Waals surface area contributed by atoms with Gasteiger partial charge in [-0.3, -0.25) is 10.2 Å². The highest BCUT2D eigenvalue weighted by Gasteiger charge is 2.34. The Labute approximate surface area is 224 Å². The van der Waals surface area contributed by atoms with E-state index in [-0.39, 0.29) is 54.7 Å². The Morgan fingerprint density at radius 3 is 2.42 bits per heavy atom. The average molecular weight is 530 g/mol. The van der Waals surface area contributed by atoms with Gasteiger partial charge < -0.3 is 29.1 Å². The minimum Gasteiger partial charge on any atom is -0.494 e. The van der Waals surface area contributed by atoms with Crippen molar-refractivity contribution >= 4 is 17.3 Å². The summed E-state index contributed by atoms with van der Waals surface area (Å²) in [5, 5.41) is 18.0. The molecule has 0 saturated heterocycles. The van der Waals surface area contributed by atoms with Crippen molar-refractivity contribution in [2.45, 2.75) is 53.0 Å². The summed E-state index contributed by atoms with van der Waals surface area (Å²) in [5.41, 5.74) is 2.53. The van der Waals surface area contributed by atoms with Crippen LogP contribution in [0.5, 0.6) is 17.2 Å². The Balaban J connectivity index is 1.97. The normalized spacial score (nSPS) is 13.0. The zero-order valence-corrected chi connectivity index (χ0v) is 23.5. The van der Waals surface area contributed by atoms with Gasteiger partial charge in [-0.25, -0.2) is 4.39 Å². The molecular weight excluding hydrogens is 489 g/mol. The second-order valence-electron chi connectivity index (χ2n) is 10.4. The molecule has 0 radical (unpaired) electrons. The Bertz CT molecular complexity index is 1190. The molecule has 0 aliphatic carbocycles. The molecule has 1 aliphatic heterocycles. The van der Waals surface area contributed by atoms with Gasteiger partial charge >= 0.3 is 0 Å². The number of carbonyl (C=O) groups is 1. The van der Waals surface area contributed by atoms with Gasteiger partial charge in [-0.2, -0.15) is 0 Å². The van der Waals surface area contributed by atoms with Crippen molar-refractivity contribution in [1.82, 2.24) is 4.90 Å². The number of fused-ring (bicyclic) bond motifs is 1. The van der Waals surface area contributed by atoms with Gasteiger partial charge in [-0.1, -0.05) is 20.8 Å². The molecule has 8 nitrogen and oxygen atoms in total. The third-order valence-electron chi connectivity index (χ3n) is 6.57. The fourth-order valence-electron chi connectivity index (χ4n) is 4.68. The first kappa shape index (κ1) is 29.2. The lowest BCUT2D eigenvalue weighted by atomic mass is 9.84. The van der Waals surface area contributed by atoms with Gasteiger partial charge in [0.2, 0.25) is 0 Å². The zero-order chi connectivity index (χ0) is 28.2. The van der Waals surface area contributed by atoms with Crippen LogP contribution < -0.4 is 19.1 Å². The minimum absolute atomic E-state index is 0.00782. The maximum Gasteiger partial charge on any atom is 0.197 e. The Morgan fingerprint density at radius 2 is 1.84 bits per heavy atom. The molecule has 0 bridgehead atoms. The van der Waals surface area contributed by atoms with Gasteiger partial charge in [0.25, 0.3) is 0 Å². The summed E-state index contributed by atoms with van der Waals surface area (Å²) in [4.78, 5) is 17.1. The standard InChI is InChI=1S/C29H40FN3O5/c1-8-37-23-15-19-16-33(28(31)24(19)25(30)27(23)38-9-2)17-22(35)18-13-20(29(3,4)5)26(36-7)21(14-18)32(6)11-10-12-34/h13-15,31,34H,8-12,16-17H2,1-7H3. The van der Waals surface area contributed by atoms with Crippen molar-refractivity contribution in [2.75, 3.05) is 52.0 Å². The van der Waals surface area contributed by atoms with Crippen LogP contribution in [0.4, 0.5) is 10.1 Å². The lowest BCUT2D eigenvalue weighted by molar-refractivity contribution is 0.0962. The summed E-state index contributed by atoms with van der Waals surface area (Å²) in [6.07, 6.45) is 0.574. The van der Waals surface area contributed by atoms with Gasteiger partial charge in [0.1, 0.15) is 11.6 Å². The number of hydrogen-bond donors (Lipinski definition) is 2. The van der Waals surface area contributed by atoms with Gasteiger partial charge in [0.05, 0.1) is 38.1 Å². The molecule has 2 aromatic rings. The number of aliphatic hydroxyl groups excluding tert-OH is 1. The van der Waals surface area contributed by atoms with E-state index in [4.69, 9.17) is 19.6 Å². The molecule has 1 aliphatic rings. The minimum atomic E-state index is -0.639. The van der Waals surface area contributed by atoms with E-state index >= 15 is 4.39 Å². The highest BCUT2D eigenvalue weighted by Crippen LogP contribution is 2.41. The molecule has 3 rings (SSSR count). The van der Waals surface area contributed by atoms with Crippen molar-refractivity contribution in [3.63, 3.8) is 0 Å². The first-order chi connectivity index (χ1) is 18.0. The van der Waals surface area contributed by atoms with Gasteiger partial charge in [0, 0.05) is 37.9 Å². The van der Waals surface area contributed by atoms with Crippen molar-refractivity contribution in [3.8, 4) is 17.2 Å². The van der Waals surface area contributed by atoms with E-state index in [1.54, 1.807) is 31.1 Å². The summed E-state index contributed by atoms with van der Waals surface area (Å²) in [6, 6.07) is 5.34. The van der Waals surface area contributed by atoms with Gasteiger partial charge in [-0.15, -0.1) is 0 Å². The summed E-state index contributed by atoms with van der Waals surface area (Å²) in [5.74, 6) is 0.0890. The van der Waals surface area contributed by atoms with E-state index in [9.17, 15) is 9.90 Å². The number of carbonyl (C=O) groups excluding carboxylic acids is 1. The van der Waals surface area contributed by atoms with Crippen LogP contribution in [0.25, 0.3) is 0 Å². The Morgan fingerprint density at radius 1 is 1.16 bits per heavy atom. The van der Waals surface area contributed by atoms with E-state index in [2.05, 4.69) is 20.8 Å². The molecule has 0 atom stereocenters. The number of nitrogens with zero attached hydrogens (tertiary/aromatic N) is 2. The van der Waals surface area contributed by atoms with Gasteiger partial charge in [-0.05, 0) is 49.4 Å². The molecule has 38 heavy (non-hydrogen) atoms. The highest BCUT2D eigenvalue weighted by atomic mass is 19.1. The fraction of sp³-hybridized carbons (Fsp3) is 0.517. The monoisotopic (exact) mass is 529 g/mol. The lowest BCUT2D eigenvalue weighted by Crippen LogP contribution is -2.31. The number of ketones is 1. The van der Waals surface area contributed by atoms with Gasteiger partial charge in [0.15, 0.2) is 23.1 Å². The number of anilines is 1. The molecule has 208 valence electrons. The summed E-state index contributed by atoms with van der Waals surface area (Å²) < 4.78 is 32.3. The molecule has 0 amide bonds. The highest BCUT2D eigenvalue weighted by molar-refractivity contribution is 6.06. The Hall–Kier alpha value is -3.33. The van der Waals surface area contributed by atoms with E-state index in [0.717, 1.165) is 11.3 Å². The van der Waals surface area contributed by atoms with Crippen LogP contribution in [0.15, 0.2) is 18.2 Å². The molecule has 0 fully saturated rings. The molecule has 0 spiro atoms. The third-order valence-corrected chi connectivity index (χ3v) is 6.57. The van der Waals surface area contributed by atoms with E-state index in [1.807, 2.05) is 24.9 Å². The van der Waals surface area contributed by atoms with Crippen LogP contribution in [-0.2, 0) is 12.0 Å². The van der Waals surface area contributed by atoms with Crippen LogP contribution in [0.2, 0.25) is 0 Å². The van der Waals surface area contributed by atoms with Crippen LogP contribution in [0, 0.1) is 11.2 Å². The number of hydrogen-bond acceptors (Lipinski definition) is 7. The number of amidine groups is 1. The fourth-order valence-corrected chi connectivity index (χ4v) is 4.68. The predicted octanol–water partition coefficient (Wildman–Crippen LogP) is 4.77. The van der Waals surface area contributed by atoms with Crippen LogP contribution in [0.3, 0.4) is 0 Å². The van der Waals surface area contributed by atoms with E-state index in [0.29, 0.717) is 42.2 Å². The lowest BCUT2D eigenvalue weighted by Gasteiger charge is -2.29. The molecule has 0 unspecified atom stereocenters. The largest absolute Gasteiger partial charge is 0.494 e. The summed E-state index contributed by atoms with van der Waals surface area (Å²) in [6.45, 7) is 11.1. The SMILES string of the molecule is CCOc1cc2c(c(F)c1OCC)C(=N)N(CC(=O)c1cc(N(C)CCCO)c(OC)c(C(C)(C)C)c1)C2. The van der Waals surface area contributed by atoms with E-state index in [1.165, 1.54) is 0 Å². The number of aliphatic hydroxyl groups is 1. The first-order valence-electron chi connectivity index (χ1n) is 13.0. The number of rotatable bonds is 12. The number of ether oxygens (including phenoxy) is 3. The van der Waals surface area contributed by atoms with Crippen molar-refractivity contribution in [2.24, 2.45) is 0 Å². The molecule has 2 aromatic carbocycles. The molecule has 0 aromatic heterocycles. The van der Waals surface area contributed by atoms with Crippen LogP contribution >= 0.6 is 0 Å². The number of methoxy groups -OCH3 is 1. The number of halogens is 1. The van der Waals surface area contributed by atoms with Crippen LogP contribution in [0.1, 0.15) is 68.1 Å². The van der Waals surface area contributed by atoms with Crippen molar-refractivity contribution in [1.29, 1.82) is 5.41 Å². The van der Waals surface area contributed by atoms with Crippen LogP contribution in [-0.4, -0.2) is 68.7 Å². The Kier molecular flexibility index (Phi) is 9.25. The second-order valence-corrected chi connectivity index (χ2v) is 10.4. The molecule has 2 N–H and O–H groups in total. The second kappa shape index (κ2) is 12.0. The number of benzene rings is 2. The third kappa shape index (κ3) is 5.88. The zero-order valence-electron chi connectivity index (χ0n) is 23.5. The molecule has 0 saturated carbocycles. The van der Waals surface area contributed by atoms with Crippen molar-refractivity contribution < 1.29 is 28.5 Å². The van der Waals surface area contributed by atoms with E-state index < -0.39 is 5.82 Å². The quantitative estimate of drug-likeness (QED) is 0.383. The average Bonchev–Trinajstić information content (AvgIpc) is 3.18. The molecule has 1 heterocycles. The maximum absolute atomic E-state index is 15.4. The number of nitrogens with one attached hydrogen (secondary N) is 1. The first-order valence-corrected chi connectivity index (χ1v) is 13.0. The molecular formula is C29H40FN3O5. The van der Waals surface area contributed by atoms with Crippen molar-refractivity contribution in [3.05, 3.63) is 46.3 Å². The maximum atomic E-state index is 15.4. The predicted molar refractivity (Wildman–Crippen MR) is 147 cm³/mol. The summed E-state index contributed by atoms with van der Waals surface area (Å²) >= 11 is 0. The molecule has 9 heteroatoms. The topological polar surface area (TPSA) is 95.3 Å². The number of Topliss-reactive ketones (excluding diaryl/α,β-unsaturated/α-hetero) is 1.